The summed E-state index contributed by atoms with van der Waals surface area (Å²) in [7, 11) is 1.70. The standard InChI is InChI=1S/C24H27NO2S2/c1-16(2)20-14-19(17(3)13-21(20)27-4)15-22-23(26)25(24(28)29-22)12-8-11-18-9-6-5-7-10-18/h5-7,9-10,13-16H,8,11-12H2,1-4H3/b22-15-. The number of carbonyl (C=O) groups is 1. The SMILES string of the molecule is COc1cc(C)c(/C=C2\SC(=S)N(CCCc3ccccc3)C2=O)cc1C(C)C. The van der Waals surface area contributed by atoms with E-state index in [9.17, 15) is 4.79 Å². The van der Waals surface area contributed by atoms with Gasteiger partial charge < -0.3 is 4.74 Å². The van der Waals surface area contributed by atoms with Gasteiger partial charge in [0.1, 0.15) is 10.1 Å². The number of rotatable bonds is 7. The molecule has 0 saturated carbocycles. The van der Waals surface area contributed by atoms with Crippen LogP contribution >= 0.6 is 24.0 Å². The van der Waals surface area contributed by atoms with E-state index in [4.69, 9.17) is 17.0 Å². The van der Waals surface area contributed by atoms with Crippen LogP contribution in [0.15, 0.2) is 47.4 Å². The summed E-state index contributed by atoms with van der Waals surface area (Å²) in [5.41, 5.74) is 4.55. The molecule has 0 radical (unpaired) electrons. The molecule has 1 saturated heterocycles. The van der Waals surface area contributed by atoms with Gasteiger partial charge in [-0.05, 0) is 66.1 Å². The minimum Gasteiger partial charge on any atom is -0.496 e. The maximum Gasteiger partial charge on any atom is 0.266 e. The molecule has 1 heterocycles. The summed E-state index contributed by atoms with van der Waals surface area (Å²) < 4.78 is 6.17. The number of benzene rings is 2. The average Bonchev–Trinajstić information content (AvgIpc) is 2.97. The minimum absolute atomic E-state index is 0.00868. The van der Waals surface area contributed by atoms with E-state index in [-0.39, 0.29) is 5.91 Å². The molecule has 0 spiro atoms. The van der Waals surface area contributed by atoms with E-state index in [0.717, 1.165) is 35.3 Å². The molecule has 0 atom stereocenters. The first-order valence-corrected chi connectivity index (χ1v) is 11.1. The number of thioether (sulfide) groups is 1. The lowest BCUT2D eigenvalue weighted by molar-refractivity contribution is -0.122. The van der Waals surface area contributed by atoms with Gasteiger partial charge in [0, 0.05) is 6.54 Å². The normalized spacial score (nSPS) is 15.6. The van der Waals surface area contributed by atoms with Crippen LogP contribution in [-0.4, -0.2) is 28.8 Å². The summed E-state index contributed by atoms with van der Waals surface area (Å²) in [6.07, 6.45) is 3.80. The minimum atomic E-state index is 0.00868. The fraction of sp³-hybridized carbons (Fsp3) is 0.333. The van der Waals surface area contributed by atoms with Gasteiger partial charge in [-0.25, -0.2) is 0 Å². The van der Waals surface area contributed by atoms with Gasteiger partial charge in [0.15, 0.2) is 0 Å². The van der Waals surface area contributed by atoms with Gasteiger partial charge in [0.25, 0.3) is 5.91 Å². The van der Waals surface area contributed by atoms with E-state index in [1.54, 1.807) is 12.0 Å². The smallest absolute Gasteiger partial charge is 0.266 e. The zero-order chi connectivity index (χ0) is 21.0. The second-order valence-electron chi connectivity index (χ2n) is 7.53. The molecule has 1 amide bonds. The number of nitrogens with zero attached hydrogens (tertiary/aromatic N) is 1. The van der Waals surface area contributed by atoms with Crippen molar-refractivity contribution in [1.29, 1.82) is 0 Å². The van der Waals surface area contributed by atoms with Crippen molar-refractivity contribution in [2.24, 2.45) is 0 Å². The summed E-state index contributed by atoms with van der Waals surface area (Å²) in [5, 5.41) is 0. The molecule has 0 aliphatic carbocycles. The Morgan fingerprint density at radius 2 is 1.93 bits per heavy atom. The lowest BCUT2D eigenvalue weighted by Crippen LogP contribution is -2.29. The Bertz CT molecular complexity index is 935. The molecule has 1 fully saturated rings. The highest BCUT2D eigenvalue weighted by atomic mass is 32.2. The van der Waals surface area contributed by atoms with E-state index in [1.807, 2.05) is 37.3 Å². The highest BCUT2D eigenvalue weighted by Crippen LogP contribution is 2.35. The zero-order valence-corrected chi connectivity index (χ0v) is 19.0. The first-order chi connectivity index (χ1) is 13.9. The Balaban J connectivity index is 1.75. The maximum atomic E-state index is 12.9. The highest BCUT2D eigenvalue weighted by molar-refractivity contribution is 8.26. The fourth-order valence-electron chi connectivity index (χ4n) is 3.42. The van der Waals surface area contributed by atoms with Gasteiger partial charge in [0.2, 0.25) is 0 Å². The summed E-state index contributed by atoms with van der Waals surface area (Å²) >= 11 is 6.88. The number of hydrogen-bond donors (Lipinski definition) is 0. The van der Waals surface area contributed by atoms with Gasteiger partial charge >= 0.3 is 0 Å². The number of thiocarbonyl (C=S) groups is 1. The Hall–Kier alpha value is -2.11. The van der Waals surface area contributed by atoms with Gasteiger partial charge in [0.05, 0.1) is 12.0 Å². The molecule has 0 bridgehead atoms. The summed E-state index contributed by atoms with van der Waals surface area (Å²) in [5.74, 6) is 1.24. The predicted octanol–water partition coefficient (Wildman–Crippen LogP) is 5.96. The van der Waals surface area contributed by atoms with Crippen molar-refractivity contribution in [3.05, 3.63) is 69.6 Å². The van der Waals surface area contributed by atoms with Crippen molar-refractivity contribution in [2.75, 3.05) is 13.7 Å². The van der Waals surface area contributed by atoms with E-state index in [1.165, 1.54) is 17.3 Å². The Morgan fingerprint density at radius 3 is 2.59 bits per heavy atom. The molecule has 29 heavy (non-hydrogen) atoms. The molecule has 1 aliphatic rings. The Kier molecular flexibility index (Phi) is 7.14. The topological polar surface area (TPSA) is 29.5 Å². The monoisotopic (exact) mass is 425 g/mol. The molecule has 0 unspecified atom stereocenters. The van der Waals surface area contributed by atoms with Crippen LogP contribution in [0.25, 0.3) is 6.08 Å². The third-order valence-electron chi connectivity index (χ3n) is 5.09. The van der Waals surface area contributed by atoms with Crippen LogP contribution in [0.2, 0.25) is 0 Å². The van der Waals surface area contributed by atoms with Crippen molar-refractivity contribution in [3.63, 3.8) is 0 Å². The molecule has 2 aromatic rings. The van der Waals surface area contributed by atoms with Crippen LogP contribution in [0.1, 0.15) is 48.4 Å². The molecular formula is C24H27NO2S2. The first kappa shape index (κ1) is 21.6. The highest BCUT2D eigenvalue weighted by Gasteiger charge is 2.31. The third kappa shape index (κ3) is 5.09. The van der Waals surface area contributed by atoms with Crippen LogP contribution in [0, 0.1) is 6.92 Å². The number of aryl methyl sites for hydroxylation is 2. The molecule has 152 valence electrons. The number of amides is 1. The molecule has 0 N–H and O–H groups in total. The summed E-state index contributed by atoms with van der Waals surface area (Å²) in [4.78, 5) is 15.4. The third-order valence-corrected chi connectivity index (χ3v) is 6.47. The zero-order valence-electron chi connectivity index (χ0n) is 17.4. The second kappa shape index (κ2) is 9.59. The average molecular weight is 426 g/mol. The molecule has 1 aliphatic heterocycles. The Morgan fingerprint density at radius 1 is 1.21 bits per heavy atom. The lowest BCUT2D eigenvalue weighted by Gasteiger charge is -2.15. The number of carbonyl (C=O) groups excluding carboxylic acids is 1. The second-order valence-corrected chi connectivity index (χ2v) is 9.20. The van der Waals surface area contributed by atoms with Crippen LogP contribution in [0.4, 0.5) is 0 Å². The van der Waals surface area contributed by atoms with Crippen LogP contribution in [0.5, 0.6) is 5.75 Å². The van der Waals surface area contributed by atoms with Crippen LogP contribution < -0.4 is 4.74 Å². The van der Waals surface area contributed by atoms with Crippen molar-refractivity contribution >= 4 is 40.3 Å². The van der Waals surface area contributed by atoms with Gasteiger partial charge in [-0.15, -0.1) is 0 Å². The lowest BCUT2D eigenvalue weighted by atomic mass is 9.96. The summed E-state index contributed by atoms with van der Waals surface area (Å²) in [6, 6.07) is 14.5. The van der Waals surface area contributed by atoms with Gasteiger partial charge in [-0.2, -0.15) is 0 Å². The van der Waals surface area contributed by atoms with Gasteiger partial charge in [-0.1, -0.05) is 68.2 Å². The largest absolute Gasteiger partial charge is 0.496 e. The molecule has 2 aromatic carbocycles. The number of methoxy groups -OCH3 is 1. The first-order valence-electron chi connectivity index (χ1n) is 9.88. The van der Waals surface area contributed by atoms with Gasteiger partial charge in [-0.3, -0.25) is 9.69 Å². The quantitative estimate of drug-likeness (QED) is 0.404. The Labute approximate surface area is 183 Å². The van der Waals surface area contributed by atoms with E-state index in [2.05, 4.69) is 32.0 Å². The van der Waals surface area contributed by atoms with Crippen molar-refractivity contribution in [2.45, 2.75) is 39.5 Å². The molecule has 3 rings (SSSR count). The van der Waals surface area contributed by atoms with Crippen molar-refractivity contribution < 1.29 is 9.53 Å². The molecule has 0 aromatic heterocycles. The fourth-order valence-corrected chi connectivity index (χ4v) is 4.72. The van der Waals surface area contributed by atoms with E-state index >= 15 is 0 Å². The number of ether oxygens (including phenoxy) is 1. The molecular weight excluding hydrogens is 398 g/mol. The molecule has 5 heteroatoms. The van der Waals surface area contributed by atoms with Crippen molar-refractivity contribution in [3.8, 4) is 5.75 Å². The number of hydrogen-bond acceptors (Lipinski definition) is 4. The molecule has 3 nitrogen and oxygen atoms in total. The van der Waals surface area contributed by atoms with Crippen LogP contribution in [0.3, 0.4) is 0 Å². The maximum absolute atomic E-state index is 12.9. The van der Waals surface area contributed by atoms with E-state index < -0.39 is 0 Å². The van der Waals surface area contributed by atoms with E-state index in [0.29, 0.717) is 21.7 Å². The summed E-state index contributed by atoms with van der Waals surface area (Å²) in [6.45, 7) is 6.97. The van der Waals surface area contributed by atoms with Crippen molar-refractivity contribution in [1.82, 2.24) is 4.90 Å². The van der Waals surface area contributed by atoms with Crippen LogP contribution in [-0.2, 0) is 11.2 Å². The predicted molar refractivity (Wildman–Crippen MR) is 126 cm³/mol.